The number of hydrogen-bond donors (Lipinski definition) is 1. The highest BCUT2D eigenvalue weighted by Gasteiger charge is 2.15. The number of benzene rings is 2. The standard InChI is InChI=1S/C24H21ClN2O4S2/c1-33(29,30)18-6-4-17(5-7-18)31-14-23-20(25)13-22(32-23)21(28)9-3-15-2-8-19-16(12-15)10-11-27-24(19)26/h2,4-8,10-13H,3,9,14H2,1H3,(H2,26,27). The average Bonchev–Trinajstić information content (AvgIpc) is 3.16. The Labute approximate surface area is 200 Å². The molecule has 33 heavy (non-hydrogen) atoms. The van der Waals surface area contributed by atoms with Gasteiger partial charge < -0.3 is 10.5 Å². The fourth-order valence-electron chi connectivity index (χ4n) is 3.36. The van der Waals surface area contributed by atoms with E-state index in [1.54, 1.807) is 24.4 Å². The van der Waals surface area contributed by atoms with Crippen LogP contribution in [-0.4, -0.2) is 25.4 Å². The number of halogens is 1. The molecular formula is C24H21ClN2O4S2. The number of sulfone groups is 1. The average molecular weight is 501 g/mol. The first-order chi connectivity index (χ1) is 15.7. The topological polar surface area (TPSA) is 99.4 Å². The van der Waals surface area contributed by atoms with E-state index in [4.69, 9.17) is 22.1 Å². The van der Waals surface area contributed by atoms with Crippen LogP contribution in [0, 0.1) is 0 Å². The van der Waals surface area contributed by atoms with Crippen LogP contribution in [0.1, 0.15) is 26.5 Å². The van der Waals surface area contributed by atoms with Gasteiger partial charge in [0, 0.05) is 24.3 Å². The number of nitrogens with zero attached hydrogens (tertiary/aromatic N) is 1. The van der Waals surface area contributed by atoms with Crippen LogP contribution in [0.4, 0.5) is 5.82 Å². The first kappa shape index (κ1) is 23.2. The number of carbonyl (C=O) groups is 1. The Balaban J connectivity index is 1.38. The predicted octanol–water partition coefficient (Wildman–Crippen LogP) is 5.33. The summed E-state index contributed by atoms with van der Waals surface area (Å²) in [5, 5.41) is 2.37. The molecule has 0 bridgehead atoms. The summed E-state index contributed by atoms with van der Waals surface area (Å²) in [6.07, 6.45) is 3.78. The predicted molar refractivity (Wildman–Crippen MR) is 132 cm³/mol. The highest BCUT2D eigenvalue weighted by Crippen LogP contribution is 2.30. The Morgan fingerprint density at radius 3 is 2.61 bits per heavy atom. The minimum absolute atomic E-state index is 0.0139. The number of ether oxygens (including phenoxy) is 1. The Morgan fingerprint density at radius 2 is 1.88 bits per heavy atom. The van der Waals surface area contributed by atoms with Crippen LogP contribution < -0.4 is 10.5 Å². The minimum Gasteiger partial charge on any atom is -0.488 e. The zero-order chi connectivity index (χ0) is 23.6. The van der Waals surface area contributed by atoms with E-state index in [0.29, 0.717) is 34.3 Å². The van der Waals surface area contributed by atoms with E-state index in [9.17, 15) is 13.2 Å². The van der Waals surface area contributed by atoms with Crippen molar-refractivity contribution in [1.82, 2.24) is 4.98 Å². The Morgan fingerprint density at radius 1 is 1.12 bits per heavy atom. The molecule has 0 saturated heterocycles. The number of pyridine rings is 1. The third kappa shape index (κ3) is 5.52. The lowest BCUT2D eigenvalue weighted by Gasteiger charge is -2.06. The van der Waals surface area contributed by atoms with E-state index >= 15 is 0 Å². The Bertz CT molecular complexity index is 1430. The van der Waals surface area contributed by atoms with Crippen LogP contribution in [-0.2, 0) is 22.9 Å². The Kier molecular flexibility index (Phi) is 6.69. The lowest BCUT2D eigenvalue weighted by atomic mass is 10.0. The van der Waals surface area contributed by atoms with Gasteiger partial charge in [-0.15, -0.1) is 11.3 Å². The molecule has 0 atom stereocenters. The molecule has 4 aromatic rings. The van der Waals surface area contributed by atoms with Gasteiger partial charge in [-0.25, -0.2) is 13.4 Å². The molecule has 6 nitrogen and oxygen atoms in total. The number of carbonyl (C=O) groups excluding carboxylic acids is 1. The second-order valence-electron chi connectivity index (χ2n) is 7.59. The van der Waals surface area contributed by atoms with Gasteiger partial charge >= 0.3 is 0 Å². The molecule has 0 radical (unpaired) electrons. The zero-order valence-corrected chi connectivity index (χ0v) is 20.1. The molecule has 0 aliphatic carbocycles. The van der Waals surface area contributed by atoms with Gasteiger partial charge in [0.25, 0.3) is 0 Å². The maximum atomic E-state index is 12.7. The van der Waals surface area contributed by atoms with Gasteiger partial charge in [-0.2, -0.15) is 0 Å². The highest BCUT2D eigenvalue weighted by atomic mass is 35.5. The van der Waals surface area contributed by atoms with E-state index in [1.807, 2.05) is 24.3 Å². The molecular weight excluding hydrogens is 480 g/mol. The van der Waals surface area contributed by atoms with Crippen LogP contribution in [0.5, 0.6) is 5.75 Å². The number of aryl methyl sites for hydroxylation is 1. The third-order valence-corrected chi connectivity index (χ3v) is 7.88. The highest BCUT2D eigenvalue weighted by molar-refractivity contribution is 7.90. The molecule has 4 rings (SSSR count). The summed E-state index contributed by atoms with van der Waals surface area (Å²) >= 11 is 7.63. The van der Waals surface area contributed by atoms with Crippen molar-refractivity contribution in [1.29, 1.82) is 0 Å². The first-order valence-corrected chi connectivity index (χ1v) is 13.2. The molecule has 170 valence electrons. The number of nitrogens with two attached hydrogens (primary N) is 1. The summed E-state index contributed by atoms with van der Waals surface area (Å²) in [6, 6.07) is 15.7. The summed E-state index contributed by atoms with van der Waals surface area (Å²) in [7, 11) is -3.26. The molecule has 0 saturated carbocycles. The van der Waals surface area contributed by atoms with Gasteiger partial charge in [0.15, 0.2) is 15.6 Å². The molecule has 0 aliphatic rings. The minimum atomic E-state index is -3.26. The number of hydrogen-bond acceptors (Lipinski definition) is 7. The second kappa shape index (κ2) is 9.51. The molecule has 2 N–H and O–H groups in total. The fraction of sp³-hybridized carbons (Fsp3) is 0.167. The quantitative estimate of drug-likeness (QED) is 0.328. The van der Waals surface area contributed by atoms with Gasteiger partial charge in [0.1, 0.15) is 18.2 Å². The van der Waals surface area contributed by atoms with Crippen molar-refractivity contribution in [2.45, 2.75) is 24.3 Å². The van der Waals surface area contributed by atoms with E-state index in [0.717, 1.165) is 27.5 Å². The van der Waals surface area contributed by atoms with Gasteiger partial charge in [0.05, 0.1) is 19.7 Å². The molecule has 0 amide bonds. The maximum Gasteiger partial charge on any atom is 0.175 e. The van der Waals surface area contributed by atoms with Gasteiger partial charge in [0.2, 0.25) is 0 Å². The van der Waals surface area contributed by atoms with Crippen molar-refractivity contribution in [2.75, 3.05) is 12.0 Å². The molecule has 0 unspecified atom stereocenters. The third-order valence-electron chi connectivity index (χ3n) is 5.15. The number of anilines is 1. The molecule has 0 aliphatic heterocycles. The molecule has 0 fully saturated rings. The zero-order valence-electron chi connectivity index (χ0n) is 17.7. The Hall–Kier alpha value is -2.94. The van der Waals surface area contributed by atoms with Gasteiger partial charge in [-0.05, 0) is 53.8 Å². The molecule has 9 heteroatoms. The summed E-state index contributed by atoms with van der Waals surface area (Å²) in [6.45, 7) is 0.190. The normalized spacial score (nSPS) is 11.6. The lowest BCUT2D eigenvalue weighted by Crippen LogP contribution is -1.99. The van der Waals surface area contributed by atoms with Crippen molar-refractivity contribution < 1.29 is 17.9 Å². The number of fused-ring (bicyclic) bond motifs is 1. The smallest absolute Gasteiger partial charge is 0.175 e. The molecule has 2 heterocycles. The number of ketones is 1. The monoisotopic (exact) mass is 500 g/mol. The van der Waals surface area contributed by atoms with Crippen LogP contribution in [0.2, 0.25) is 5.02 Å². The van der Waals surface area contributed by atoms with Gasteiger partial charge in [-0.1, -0.05) is 29.8 Å². The van der Waals surface area contributed by atoms with Crippen LogP contribution in [0.15, 0.2) is 65.7 Å². The van der Waals surface area contributed by atoms with Crippen molar-refractivity contribution in [2.24, 2.45) is 0 Å². The largest absolute Gasteiger partial charge is 0.488 e. The van der Waals surface area contributed by atoms with Crippen LogP contribution in [0.25, 0.3) is 10.8 Å². The number of Topliss-reactive ketones (excluding diaryl/α,β-unsaturated/α-hetero) is 1. The number of aromatic nitrogens is 1. The van der Waals surface area contributed by atoms with Crippen molar-refractivity contribution in [3.8, 4) is 5.75 Å². The van der Waals surface area contributed by atoms with E-state index in [2.05, 4.69) is 4.98 Å². The summed E-state index contributed by atoms with van der Waals surface area (Å²) in [4.78, 5) is 18.4. The molecule has 0 spiro atoms. The van der Waals surface area contributed by atoms with Crippen LogP contribution in [0.3, 0.4) is 0 Å². The maximum absolute atomic E-state index is 12.7. The summed E-state index contributed by atoms with van der Waals surface area (Å²) in [5.74, 6) is 1.02. The van der Waals surface area contributed by atoms with E-state index in [-0.39, 0.29) is 17.3 Å². The van der Waals surface area contributed by atoms with E-state index < -0.39 is 9.84 Å². The SMILES string of the molecule is CS(=O)(=O)c1ccc(OCc2sc(C(=O)CCc3ccc4c(N)nccc4c3)cc2Cl)cc1. The fourth-order valence-corrected chi connectivity index (χ4v) is 5.27. The van der Waals surface area contributed by atoms with Crippen molar-refractivity contribution in [3.05, 3.63) is 81.1 Å². The summed E-state index contributed by atoms with van der Waals surface area (Å²) in [5.41, 5.74) is 6.94. The first-order valence-electron chi connectivity index (χ1n) is 10.1. The van der Waals surface area contributed by atoms with Gasteiger partial charge in [-0.3, -0.25) is 4.79 Å². The molecule has 2 aromatic carbocycles. The second-order valence-corrected chi connectivity index (χ2v) is 11.1. The van der Waals surface area contributed by atoms with Crippen molar-refractivity contribution >= 4 is 55.1 Å². The lowest BCUT2D eigenvalue weighted by molar-refractivity contribution is 0.0986. The number of rotatable bonds is 8. The summed E-state index contributed by atoms with van der Waals surface area (Å²) < 4.78 is 28.8. The van der Waals surface area contributed by atoms with Crippen LogP contribution >= 0.6 is 22.9 Å². The number of thiophene rings is 1. The molecule has 2 aromatic heterocycles. The number of nitrogen functional groups attached to an aromatic ring is 1. The van der Waals surface area contributed by atoms with E-state index in [1.165, 1.54) is 23.5 Å². The van der Waals surface area contributed by atoms with Crippen molar-refractivity contribution in [3.63, 3.8) is 0 Å².